The molecule has 19 heavy (non-hydrogen) atoms. The Hall–Kier alpha value is -2.29. The first-order chi connectivity index (χ1) is 9.03. The van der Waals surface area contributed by atoms with E-state index in [0.717, 1.165) is 15.7 Å². The largest absolute Gasteiger partial charge is 0.367 e. The van der Waals surface area contributed by atoms with Crippen molar-refractivity contribution < 1.29 is 0 Å². The van der Waals surface area contributed by atoms with Crippen LogP contribution in [0.4, 0.5) is 5.69 Å². The summed E-state index contributed by atoms with van der Waals surface area (Å²) >= 11 is 3.38. The Bertz CT molecular complexity index is 684. The molecule has 0 amide bonds. The predicted octanol–water partition coefficient (Wildman–Crippen LogP) is 3.35. The van der Waals surface area contributed by atoms with Gasteiger partial charge in [-0.05, 0) is 30.7 Å². The summed E-state index contributed by atoms with van der Waals surface area (Å²) in [7, 11) is 0. The van der Waals surface area contributed by atoms with Crippen LogP contribution < -0.4 is 5.32 Å². The summed E-state index contributed by atoms with van der Waals surface area (Å²) in [6.07, 6.45) is 0.323. The highest BCUT2D eigenvalue weighted by Gasteiger charge is 2.33. The van der Waals surface area contributed by atoms with Crippen molar-refractivity contribution in [2.75, 3.05) is 5.32 Å². The van der Waals surface area contributed by atoms with Crippen LogP contribution in [0.5, 0.6) is 0 Å². The molecule has 0 spiro atoms. The van der Waals surface area contributed by atoms with E-state index in [4.69, 9.17) is 10.5 Å². The maximum atomic E-state index is 9.27. The van der Waals surface area contributed by atoms with Crippen molar-refractivity contribution in [3.05, 3.63) is 33.8 Å². The van der Waals surface area contributed by atoms with Crippen molar-refractivity contribution in [3.63, 3.8) is 0 Å². The van der Waals surface area contributed by atoms with E-state index in [2.05, 4.69) is 27.3 Å². The highest BCUT2D eigenvalue weighted by atomic mass is 79.9. The summed E-state index contributed by atoms with van der Waals surface area (Å²) < 4.78 is 0.862. The molecule has 5 heteroatoms. The van der Waals surface area contributed by atoms with E-state index < -0.39 is 5.54 Å². The van der Waals surface area contributed by atoms with E-state index in [9.17, 15) is 5.26 Å². The second-order valence-corrected chi connectivity index (χ2v) is 5.43. The average Bonchev–Trinajstić information content (AvgIpc) is 2.41. The van der Waals surface area contributed by atoms with Crippen molar-refractivity contribution in [1.82, 2.24) is 0 Å². The van der Waals surface area contributed by atoms with E-state index >= 15 is 0 Å². The Morgan fingerprint density at radius 3 is 2.58 bits per heavy atom. The van der Waals surface area contributed by atoms with E-state index in [-0.39, 0.29) is 5.57 Å². The Morgan fingerprint density at radius 2 is 2.00 bits per heavy atom. The normalized spacial score (nSPS) is 20.3. The maximum absolute atomic E-state index is 9.27. The van der Waals surface area contributed by atoms with Crippen LogP contribution in [0.3, 0.4) is 0 Å². The number of hydrogen-bond acceptors (Lipinski definition) is 4. The van der Waals surface area contributed by atoms with Crippen LogP contribution in [0.2, 0.25) is 0 Å². The second kappa shape index (κ2) is 4.76. The van der Waals surface area contributed by atoms with E-state index in [1.807, 2.05) is 30.3 Å². The fourth-order valence-corrected chi connectivity index (χ4v) is 2.48. The maximum Gasteiger partial charge on any atom is 0.133 e. The molecule has 1 N–H and O–H groups in total. The molecule has 0 aromatic heterocycles. The monoisotopic (exact) mass is 312 g/mol. The summed E-state index contributed by atoms with van der Waals surface area (Å²) in [5, 5.41) is 30.6. The van der Waals surface area contributed by atoms with Gasteiger partial charge in [0.2, 0.25) is 0 Å². The van der Waals surface area contributed by atoms with Gasteiger partial charge in [-0.2, -0.15) is 15.8 Å². The number of benzene rings is 1. The molecule has 1 atom stereocenters. The van der Waals surface area contributed by atoms with Crippen LogP contribution in [0.1, 0.15) is 18.9 Å². The Balaban J connectivity index is 2.74. The molecule has 1 heterocycles. The lowest BCUT2D eigenvalue weighted by molar-refractivity contribution is 0.659. The molecule has 1 aromatic rings. The first-order valence-electron chi connectivity index (χ1n) is 5.55. The number of hydrogen-bond donors (Lipinski definition) is 1. The molecule has 0 saturated carbocycles. The number of rotatable bonds is 0. The number of fused-ring (bicyclic) bond motifs is 1. The zero-order chi connectivity index (χ0) is 14.0. The minimum absolute atomic E-state index is 0.0577. The van der Waals surface area contributed by atoms with Gasteiger partial charge in [-0.15, -0.1) is 0 Å². The fraction of sp³-hybridized carbons (Fsp3) is 0.214. The molecule has 1 aliphatic rings. The molecule has 0 fully saturated rings. The molecule has 0 aliphatic carbocycles. The number of allylic oxidation sites excluding steroid dienone is 1. The van der Waals surface area contributed by atoms with Gasteiger partial charge in [0.15, 0.2) is 0 Å². The summed E-state index contributed by atoms with van der Waals surface area (Å²) in [5.41, 5.74) is 1.41. The molecule has 92 valence electrons. The zero-order valence-electron chi connectivity index (χ0n) is 10.2. The van der Waals surface area contributed by atoms with Crippen LogP contribution in [-0.2, 0) is 0 Å². The van der Waals surface area contributed by atoms with Crippen LogP contribution in [-0.4, -0.2) is 5.54 Å². The highest BCUT2D eigenvalue weighted by molar-refractivity contribution is 9.10. The van der Waals surface area contributed by atoms with Gasteiger partial charge in [0.25, 0.3) is 0 Å². The summed E-state index contributed by atoms with van der Waals surface area (Å²) in [6, 6.07) is 11.5. The van der Waals surface area contributed by atoms with E-state index in [1.165, 1.54) is 0 Å². The first kappa shape index (κ1) is 13.1. The van der Waals surface area contributed by atoms with Gasteiger partial charge in [-0.25, -0.2) is 0 Å². The zero-order valence-corrected chi connectivity index (χ0v) is 11.7. The molecule has 0 bridgehead atoms. The first-order valence-corrected chi connectivity index (χ1v) is 6.35. The third kappa shape index (κ3) is 2.32. The van der Waals surface area contributed by atoms with E-state index in [1.54, 1.807) is 6.92 Å². The lowest BCUT2D eigenvalue weighted by atomic mass is 9.83. The quantitative estimate of drug-likeness (QED) is 0.744. The summed E-state index contributed by atoms with van der Waals surface area (Å²) in [6.45, 7) is 1.75. The number of halogens is 1. The lowest BCUT2D eigenvalue weighted by Gasteiger charge is -2.33. The SMILES string of the molecule is CC1(C#N)CC(=C(C#N)C#N)c2cc(Br)ccc2N1. The highest BCUT2D eigenvalue weighted by Crippen LogP contribution is 2.40. The topological polar surface area (TPSA) is 83.4 Å². The second-order valence-electron chi connectivity index (χ2n) is 4.51. The van der Waals surface area contributed by atoms with Gasteiger partial charge >= 0.3 is 0 Å². The number of nitrogens with zero attached hydrogens (tertiary/aromatic N) is 3. The number of anilines is 1. The summed E-state index contributed by atoms with van der Waals surface area (Å²) in [5.74, 6) is 0. The molecule has 2 rings (SSSR count). The van der Waals surface area contributed by atoms with Crippen LogP contribution in [0.15, 0.2) is 28.2 Å². The third-order valence-corrected chi connectivity index (χ3v) is 3.51. The predicted molar refractivity (Wildman–Crippen MR) is 74.5 cm³/mol. The Labute approximate surface area is 119 Å². The van der Waals surface area contributed by atoms with Gasteiger partial charge in [0.1, 0.15) is 23.3 Å². The summed E-state index contributed by atoms with van der Waals surface area (Å²) in [4.78, 5) is 0. The van der Waals surface area contributed by atoms with Crippen molar-refractivity contribution in [1.29, 1.82) is 15.8 Å². The minimum atomic E-state index is -0.810. The van der Waals surface area contributed by atoms with Crippen molar-refractivity contribution in [2.45, 2.75) is 18.9 Å². The molecule has 1 aromatic carbocycles. The van der Waals surface area contributed by atoms with Crippen LogP contribution in [0, 0.1) is 34.0 Å². The minimum Gasteiger partial charge on any atom is -0.367 e. The standard InChI is InChI=1S/C14H9BrN4/c1-14(8-18)5-12(9(6-16)7-17)11-4-10(15)2-3-13(11)19-14/h2-4,19H,5H2,1H3. The molecule has 0 saturated heterocycles. The molecular weight excluding hydrogens is 304 g/mol. The van der Waals surface area contributed by atoms with Gasteiger partial charge < -0.3 is 5.32 Å². The fourth-order valence-electron chi connectivity index (χ4n) is 2.12. The molecule has 1 unspecified atom stereocenters. The van der Waals surface area contributed by atoms with Gasteiger partial charge in [-0.3, -0.25) is 0 Å². The van der Waals surface area contributed by atoms with Crippen LogP contribution in [0.25, 0.3) is 5.57 Å². The Kier molecular flexibility index (Phi) is 3.30. The number of nitriles is 3. The van der Waals surface area contributed by atoms with Crippen molar-refractivity contribution in [3.8, 4) is 18.2 Å². The van der Waals surface area contributed by atoms with Gasteiger partial charge in [0.05, 0.1) is 6.07 Å². The molecular formula is C14H9BrN4. The molecule has 0 radical (unpaired) electrons. The van der Waals surface area contributed by atoms with Crippen molar-refractivity contribution >= 4 is 27.2 Å². The number of nitrogens with one attached hydrogen (secondary N) is 1. The van der Waals surface area contributed by atoms with E-state index in [0.29, 0.717) is 12.0 Å². The smallest absolute Gasteiger partial charge is 0.133 e. The van der Waals surface area contributed by atoms with Crippen molar-refractivity contribution in [2.24, 2.45) is 0 Å². The van der Waals surface area contributed by atoms with Crippen LogP contribution >= 0.6 is 15.9 Å². The van der Waals surface area contributed by atoms with Gasteiger partial charge in [-0.1, -0.05) is 15.9 Å². The molecule has 4 nitrogen and oxygen atoms in total. The Morgan fingerprint density at radius 1 is 1.32 bits per heavy atom. The third-order valence-electron chi connectivity index (χ3n) is 3.02. The molecule has 1 aliphatic heterocycles. The van der Waals surface area contributed by atoms with Gasteiger partial charge in [0, 0.05) is 22.1 Å². The lowest BCUT2D eigenvalue weighted by Crippen LogP contribution is -2.36. The average molecular weight is 313 g/mol.